The Labute approximate surface area is 81.5 Å². The van der Waals surface area contributed by atoms with Gasteiger partial charge >= 0.3 is 0 Å². The van der Waals surface area contributed by atoms with Crippen LogP contribution in [0, 0.1) is 5.92 Å². The third-order valence-corrected chi connectivity index (χ3v) is 2.54. The van der Waals surface area contributed by atoms with E-state index < -0.39 is 0 Å². The minimum Gasteiger partial charge on any atom is -0.395 e. The maximum absolute atomic E-state index is 11.7. The fourth-order valence-corrected chi connectivity index (χ4v) is 1.84. The predicted molar refractivity (Wildman–Crippen MR) is 49.1 cm³/mol. The minimum atomic E-state index is -0.306. The van der Waals surface area contributed by atoms with Gasteiger partial charge in [-0.05, 0) is 6.42 Å². The molecule has 1 atom stereocenters. The summed E-state index contributed by atoms with van der Waals surface area (Å²) in [7, 11) is 0. The average molecular weight is 193 g/mol. The van der Waals surface area contributed by atoms with E-state index in [1.807, 2.05) is 6.08 Å². The fourth-order valence-electron chi connectivity index (χ4n) is 1.84. The largest absolute Gasteiger partial charge is 0.395 e. The number of imide groups is 1. The number of nitrogens with zero attached hydrogens (tertiary/aromatic N) is 1. The molecule has 1 aliphatic carbocycles. The Morgan fingerprint density at radius 3 is 2.93 bits per heavy atom. The quantitative estimate of drug-likeness (QED) is 0.620. The van der Waals surface area contributed by atoms with E-state index in [4.69, 9.17) is 5.11 Å². The Morgan fingerprint density at radius 1 is 1.50 bits per heavy atom. The number of allylic oxidation sites excluding steroid dienone is 3. The molecule has 1 N–H and O–H groups in total. The van der Waals surface area contributed by atoms with E-state index in [0.717, 1.165) is 4.90 Å². The maximum Gasteiger partial charge on any atom is 0.257 e. The Kier molecular flexibility index (Phi) is 2.21. The van der Waals surface area contributed by atoms with E-state index in [1.54, 1.807) is 12.2 Å². The highest BCUT2D eigenvalue weighted by Gasteiger charge is 2.42. The molecule has 1 aliphatic heterocycles. The lowest BCUT2D eigenvalue weighted by Gasteiger charge is -2.11. The molecule has 0 radical (unpaired) electrons. The van der Waals surface area contributed by atoms with Crippen LogP contribution in [0.25, 0.3) is 0 Å². The molecule has 2 amide bonds. The second-order valence-electron chi connectivity index (χ2n) is 3.36. The summed E-state index contributed by atoms with van der Waals surface area (Å²) < 4.78 is 0. The van der Waals surface area contributed by atoms with Gasteiger partial charge in [-0.3, -0.25) is 14.5 Å². The van der Waals surface area contributed by atoms with Crippen LogP contribution in [0.4, 0.5) is 0 Å². The van der Waals surface area contributed by atoms with Gasteiger partial charge in [0.25, 0.3) is 5.91 Å². The number of fused-ring (bicyclic) bond motifs is 1. The average Bonchev–Trinajstić information content (AvgIpc) is 2.45. The van der Waals surface area contributed by atoms with Gasteiger partial charge in [0.2, 0.25) is 5.91 Å². The van der Waals surface area contributed by atoms with E-state index in [1.165, 1.54) is 0 Å². The normalized spacial score (nSPS) is 25.4. The molecule has 1 saturated heterocycles. The summed E-state index contributed by atoms with van der Waals surface area (Å²) >= 11 is 0. The first kappa shape index (κ1) is 9.15. The first-order chi connectivity index (χ1) is 6.75. The Bertz CT molecular complexity index is 343. The smallest absolute Gasteiger partial charge is 0.257 e. The highest BCUT2D eigenvalue weighted by Crippen LogP contribution is 2.30. The SMILES string of the molecule is O=C1C2=CC=CCC2C(=O)N1CCO. The highest BCUT2D eigenvalue weighted by atomic mass is 16.3. The van der Waals surface area contributed by atoms with Gasteiger partial charge in [0.15, 0.2) is 0 Å². The topological polar surface area (TPSA) is 57.6 Å². The van der Waals surface area contributed by atoms with Gasteiger partial charge in [-0.25, -0.2) is 0 Å². The molecule has 4 nitrogen and oxygen atoms in total. The molecular weight excluding hydrogens is 182 g/mol. The van der Waals surface area contributed by atoms with E-state index in [0.29, 0.717) is 12.0 Å². The molecule has 2 rings (SSSR count). The van der Waals surface area contributed by atoms with Crippen molar-refractivity contribution in [2.45, 2.75) is 6.42 Å². The first-order valence-corrected chi connectivity index (χ1v) is 4.59. The number of carbonyl (C=O) groups is 2. The van der Waals surface area contributed by atoms with Crippen LogP contribution < -0.4 is 0 Å². The van der Waals surface area contributed by atoms with Crippen molar-refractivity contribution >= 4 is 11.8 Å². The van der Waals surface area contributed by atoms with Gasteiger partial charge in [-0.15, -0.1) is 0 Å². The zero-order chi connectivity index (χ0) is 10.1. The third kappa shape index (κ3) is 1.19. The van der Waals surface area contributed by atoms with Crippen LogP contribution in [-0.4, -0.2) is 35.0 Å². The summed E-state index contributed by atoms with van der Waals surface area (Å²) in [5.41, 5.74) is 0.561. The summed E-state index contributed by atoms with van der Waals surface area (Å²) in [6.07, 6.45) is 5.95. The van der Waals surface area contributed by atoms with Crippen molar-refractivity contribution in [2.24, 2.45) is 5.92 Å². The molecule has 0 aromatic rings. The fraction of sp³-hybridized carbons (Fsp3) is 0.400. The number of hydrogen-bond donors (Lipinski definition) is 1. The Balaban J connectivity index is 2.28. The number of aliphatic hydroxyl groups excluding tert-OH is 1. The molecule has 2 aliphatic rings. The summed E-state index contributed by atoms with van der Waals surface area (Å²) in [5.74, 6) is -0.739. The summed E-state index contributed by atoms with van der Waals surface area (Å²) in [5, 5.41) is 8.71. The maximum atomic E-state index is 11.7. The van der Waals surface area contributed by atoms with Gasteiger partial charge in [0.05, 0.1) is 19.1 Å². The molecule has 0 aromatic carbocycles. The number of aliphatic hydroxyl groups is 1. The van der Waals surface area contributed by atoms with Crippen LogP contribution in [0.1, 0.15) is 6.42 Å². The van der Waals surface area contributed by atoms with Crippen LogP contribution in [0.5, 0.6) is 0 Å². The molecule has 74 valence electrons. The van der Waals surface area contributed by atoms with Gasteiger partial charge in [-0.1, -0.05) is 18.2 Å². The van der Waals surface area contributed by atoms with Crippen LogP contribution in [0.2, 0.25) is 0 Å². The molecule has 4 heteroatoms. The van der Waals surface area contributed by atoms with Gasteiger partial charge < -0.3 is 5.11 Å². The van der Waals surface area contributed by atoms with Gasteiger partial charge in [0, 0.05) is 5.57 Å². The number of hydrogen-bond acceptors (Lipinski definition) is 3. The van der Waals surface area contributed by atoms with Crippen molar-refractivity contribution in [3.05, 3.63) is 23.8 Å². The number of rotatable bonds is 2. The van der Waals surface area contributed by atoms with Crippen molar-refractivity contribution in [1.82, 2.24) is 4.90 Å². The zero-order valence-corrected chi connectivity index (χ0v) is 7.64. The Morgan fingerprint density at radius 2 is 2.29 bits per heavy atom. The third-order valence-electron chi connectivity index (χ3n) is 2.54. The van der Waals surface area contributed by atoms with Crippen molar-refractivity contribution in [2.75, 3.05) is 13.2 Å². The van der Waals surface area contributed by atoms with Crippen LogP contribution in [0.3, 0.4) is 0 Å². The van der Waals surface area contributed by atoms with Crippen LogP contribution in [0.15, 0.2) is 23.8 Å². The second kappa shape index (κ2) is 3.38. The molecule has 1 unspecified atom stereocenters. The van der Waals surface area contributed by atoms with Crippen molar-refractivity contribution in [1.29, 1.82) is 0 Å². The highest BCUT2D eigenvalue weighted by molar-refractivity contribution is 6.15. The molecule has 14 heavy (non-hydrogen) atoms. The van der Waals surface area contributed by atoms with E-state index in [-0.39, 0.29) is 30.9 Å². The molecule has 1 heterocycles. The molecule has 0 aromatic heterocycles. The summed E-state index contributed by atoms with van der Waals surface area (Å²) in [6, 6.07) is 0. The monoisotopic (exact) mass is 193 g/mol. The summed E-state index contributed by atoms with van der Waals surface area (Å²) in [4.78, 5) is 24.4. The van der Waals surface area contributed by atoms with Crippen molar-refractivity contribution in [3.8, 4) is 0 Å². The molecule has 0 bridgehead atoms. The van der Waals surface area contributed by atoms with Crippen LogP contribution in [-0.2, 0) is 9.59 Å². The number of carbonyl (C=O) groups excluding carboxylic acids is 2. The zero-order valence-electron chi connectivity index (χ0n) is 7.64. The first-order valence-electron chi connectivity index (χ1n) is 4.59. The molecular formula is C10H11NO3. The lowest BCUT2D eigenvalue weighted by molar-refractivity contribution is -0.139. The van der Waals surface area contributed by atoms with E-state index in [9.17, 15) is 9.59 Å². The van der Waals surface area contributed by atoms with Crippen LogP contribution >= 0.6 is 0 Å². The summed E-state index contributed by atoms with van der Waals surface area (Å²) in [6.45, 7) is -0.0730. The number of β-amino-alcohol motifs (C(OH)–C–C–N with tert-alkyl or cyclic N) is 1. The van der Waals surface area contributed by atoms with E-state index >= 15 is 0 Å². The standard InChI is InChI=1S/C10H11NO3/c12-6-5-11-9(13)7-3-1-2-4-8(7)10(11)14/h1-3,8,12H,4-6H2. The second-order valence-corrected chi connectivity index (χ2v) is 3.36. The molecule has 1 fully saturated rings. The molecule has 0 spiro atoms. The number of likely N-dealkylation sites (tertiary alicyclic amines) is 1. The predicted octanol–water partition coefficient (Wildman–Crippen LogP) is -0.150. The van der Waals surface area contributed by atoms with Gasteiger partial charge in [0.1, 0.15) is 0 Å². The Hall–Kier alpha value is -1.42. The molecule has 0 saturated carbocycles. The minimum absolute atomic E-state index is 0.103. The lowest BCUT2D eigenvalue weighted by atomic mass is 9.94. The number of amides is 2. The van der Waals surface area contributed by atoms with Gasteiger partial charge in [-0.2, -0.15) is 0 Å². The van der Waals surface area contributed by atoms with Crippen molar-refractivity contribution in [3.63, 3.8) is 0 Å². The van der Waals surface area contributed by atoms with Crippen molar-refractivity contribution < 1.29 is 14.7 Å². The van der Waals surface area contributed by atoms with E-state index in [2.05, 4.69) is 0 Å². The lowest BCUT2D eigenvalue weighted by Crippen LogP contribution is -2.33.